The zero-order valence-electron chi connectivity index (χ0n) is 17.4. The molecule has 0 aliphatic heterocycles. The number of nitrogens with zero attached hydrogens (tertiary/aromatic N) is 2. The molecule has 29 heavy (non-hydrogen) atoms. The summed E-state index contributed by atoms with van der Waals surface area (Å²) in [6, 6.07) is 16.3. The first-order valence-electron chi connectivity index (χ1n) is 9.52. The summed E-state index contributed by atoms with van der Waals surface area (Å²) in [5.41, 5.74) is 0.600. The van der Waals surface area contributed by atoms with Gasteiger partial charge in [-0.2, -0.15) is 5.10 Å². The third-order valence-corrected chi connectivity index (χ3v) is 5.70. The van der Waals surface area contributed by atoms with Crippen molar-refractivity contribution >= 4 is 15.7 Å². The summed E-state index contributed by atoms with van der Waals surface area (Å²) >= 11 is 0. The third kappa shape index (κ3) is 4.98. The molecule has 154 valence electrons. The molecule has 1 N–H and O–H groups in total. The Hall–Kier alpha value is -2.80. The normalized spacial score (nSPS) is 12.2. The molecular weight excluding hydrogens is 386 g/mol. The number of nitrogens with one attached hydrogen (secondary N) is 1. The van der Waals surface area contributed by atoms with Crippen molar-refractivity contribution in [3.63, 3.8) is 0 Å². The van der Waals surface area contributed by atoms with Crippen molar-refractivity contribution < 1.29 is 13.2 Å². The summed E-state index contributed by atoms with van der Waals surface area (Å²) in [4.78, 5) is 0.198. The summed E-state index contributed by atoms with van der Waals surface area (Å²) in [5, 5.41) is 4.53. The van der Waals surface area contributed by atoms with E-state index in [2.05, 4.69) is 9.82 Å². The van der Waals surface area contributed by atoms with Crippen LogP contribution in [-0.4, -0.2) is 18.2 Å². The Morgan fingerprint density at radius 1 is 0.966 bits per heavy atom. The Labute approximate surface area is 172 Å². The lowest BCUT2D eigenvalue weighted by atomic mass is 9.92. The van der Waals surface area contributed by atoms with Gasteiger partial charge in [0.15, 0.2) is 0 Å². The van der Waals surface area contributed by atoms with Crippen LogP contribution in [0.1, 0.15) is 46.4 Å². The highest BCUT2D eigenvalue weighted by atomic mass is 32.2. The zero-order chi connectivity index (χ0) is 21.2. The van der Waals surface area contributed by atoms with Gasteiger partial charge in [-0.3, -0.25) is 9.40 Å². The second-order valence-corrected chi connectivity index (χ2v) is 9.86. The Kier molecular flexibility index (Phi) is 5.71. The lowest BCUT2D eigenvalue weighted by Gasteiger charge is -2.18. The molecule has 3 aromatic rings. The quantitative estimate of drug-likeness (QED) is 0.591. The van der Waals surface area contributed by atoms with E-state index in [0.717, 1.165) is 5.75 Å². The second-order valence-electron chi connectivity index (χ2n) is 8.21. The van der Waals surface area contributed by atoms with Crippen molar-refractivity contribution in [1.82, 2.24) is 9.78 Å². The van der Waals surface area contributed by atoms with E-state index in [9.17, 15) is 8.42 Å². The maximum absolute atomic E-state index is 13.1. The summed E-state index contributed by atoms with van der Waals surface area (Å²) in [7, 11) is -3.79. The van der Waals surface area contributed by atoms with E-state index >= 15 is 0 Å². The molecule has 1 heterocycles. The molecule has 0 unspecified atom stereocenters. The van der Waals surface area contributed by atoms with Crippen molar-refractivity contribution in [3.8, 4) is 11.5 Å². The van der Waals surface area contributed by atoms with Gasteiger partial charge in [0.25, 0.3) is 10.0 Å². The summed E-state index contributed by atoms with van der Waals surface area (Å²) < 4.78 is 36.3. The number of anilines is 1. The van der Waals surface area contributed by atoms with Gasteiger partial charge in [0, 0.05) is 23.3 Å². The average molecular weight is 414 g/mol. The molecule has 0 fully saturated rings. The van der Waals surface area contributed by atoms with Gasteiger partial charge in [-0.15, -0.1) is 0 Å². The fourth-order valence-corrected chi connectivity index (χ4v) is 4.19. The molecule has 0 spiro atoms. The van der Waals surface area contributed by atoms with Crippen molar-refractivity contribution in [3.05, 3.63) is 66.5 Å². The minimum atomic E-state index is -3.79. The minimum Gasteiger partial charge on any atom is -0.457 e. The molecule has 0 bridgehead atoms. The van der Waals surface area contributed by atoms with Crippen molar-refractivity contribution in [2.24, 2.45) is 0 Å². The maximum Gasteiger partial charge on any atom is 0.265 e. The molecule has 0 saturated heterocycles. The standard InChI is InChI=1S/C22H27N3O3S/c1-16(2)25-15-20(21(23-25)22(3,4)5)29(26,27)24-17-11-13-19(14-12-17)28-18-9-7-6-8-10-18/h6-16,24H,1-5H3. The molecular formula is C22H27N3O3S. The molecule has 0 atom stereocenters. The topological polar surface area (TPSA) is 73.2 Å². The molecule has 0 aliphatic carbocycles. The highest BCUT2D eigenvalue weighted by molar-refractivity contribution is 7.92. The maximum atomic E-state index is 13.1. The van der Waals surface area contributed by atoms with Crippen LogP contribution in [-0.2, 0) is 15.4 Å². The van der Waals surface area contributed by atoms with Gasteiger partial charge >= 0.3 is 0 Å². The molecule has 3 rings (SSSR count). The van der Waals surface area contributed by atoms with Crippen molar-refractivity contribution in [2.75, 3.05) is 4.72 Å². The van der Waals surface area contributed by atoms with E-state index < -0.39 is 15.4 Å². The van der Waals surface area contributed by atoms with Crippen LogP contribution in [0.5, 0.6) is 11.5 Å². The summed E-state index contributed by atoms with van der Waals surface area (Å²) in [6.45, 7) is 9.79. The SMILES string of the molecule is CC(C)n1cc(S(=O)(=O)Nc2ccc(Oc3ccccc3)cc2)c(C(C)(C)C)n1. The van der Waals surface area contributed by atoms with Crippen LogP contribution in [0.25, 0.3) is 0 Å². The smallest absolute Gasteiger partial charge is 0.265 e. The number of sulfonamides is 1. The molecule has 0 radical (unpaired) electrons. The lowest BCUT2D eigenvalue weighted by Crippen LogP contribution is -2.20. The largest absolute Gasteiger partial charge is 0.457 e. The first-order chi connectivity index (χ1) is 13.6. The van der Waals surface area contributed by atoms with Gasteiger partial charge in [-0.05, 0) is 50.2 Å². The van der Waals surface area contributed by atoms with E-state index in [4.69, 9.17) is 4.74 Å². The van der Waals surface area contributed by atoms with Crippen LogP contribution in [0.15, 0.2) is 65.7 Å². The van der Waals surface area contributed by atoms with Gasteiger partial charge in [0.05, 0.1) is 5.69 Å². The van der Waals surface area contributed by atoms with E-state index in [-0.39, 0.29) is 10.9 Å². The predicted molar refractivity (Wildman–Crippen MR) is 115 cm³/mol. The van der Waals surface area contributed by atoms with Crippen LogP contribution in [0.3, 0.4) is 0 Å². The number of rotatable bonds is 6. The first-order valence-corrected chi connectivity index (χ1v) is 11.0. The zero-order valence-corrected chi connectivity index (χ0v) is 18.2. The van der Waals surface area contributed by atoms with Gasteiger partial charge in [0.2, 0.25) is 0 Å². The lowest BCUT2D eigenvalue weighted by molar-refractivity contribution is 0.483. The highest BCUT2D eigenvalue weighted by Crippen LogP contribution is 2.30. The molecule has 7 heteroatoms. The Bertz CT molecular complexity index is 1060. The molecule has 2 aromatic carbocycles. The van der Waals surface area contributed by atoms with Crippen LogP contribution in [0.4, 0.5) is 5.69 Å². The van der Waals surface area contributed by atoms with Gasteiger partial charge < -0.3 is 4.74 Å². The van der Waals surface area contributed by atoms with E-state index in [0.29, 0.717) is 17.1 Å². The molecule has 1 aromatic heterocycles. The Morgan fingerprint density at radius 3 is 2.10 bits per heavy atom. The number of para-hydroxylation sites is 1. The number of aromatic nitrogens is 2. The van der Waals surface area contributed by atoms with Gasteiger partial charge in [0.1, 0.15) is 16.4 Å². The minimum absolute atomic E-state index is 0.0643. The molecule has 0 amide bonds. The average Bonchev–Trinajstić information content (AvgIpc) is 3.11. The van der Waals surface area contributed by atoms with Gasteiger partial charge in [-0.1, -0.05) is 39.0 Å². The van der Waals surface area contributed by atoms with E-state index in [1.807, 2.05) is 65.0 Å². The number of hydrogen-bond acceptors (Lipinski definition) is 4. The Balaban J connectivity index is 1.84. The molecule has 6 nitrogen and oxygen atoms in total. The van der Waals surface area contributed by atoms with Crippen LogP contribution in [0.2, 0.25) is 0 Å². The number of ether oxygens (including phenoxy) is 1. The van der Waals surface area contributed by atoms with Crippen LogP contribution < -0.4 is 9.46 Å². The first kappa shape index (κ1) is 20.9. The number of benzene rings is 2. The van der Waals surface area contributed by atoms with Crippen LogP contribution >= 0.6 is 0 Å². The molecule has 0 saturated carbocycles. The predicted octanol–water partition coefficient (Wildman–Crippen LogP) is 5.35. The van der Waals surface area contributed by atoms with Gasteiger partial charge in [-0.25, -0.2) is 8.42 Å². The second kappa shape index (κ2) is 7.91. The van der Waals surface area contributed by atoms with Crippen molar-refractivity contribution in [1.29, 1.82) is 0 Å². The summed E-state index contributed by atoms with van der Waals surface area (Å²) in [6.07, 6.45) is 1.60. The summed E-state index contributed by atoms with van der Waals surface area (Å²) in [5.74, 6) is 1.35. The van der Waals surface area contributed by atoms with E-state index in [1.165, 1.54) is 0 Å². The Morgan fingerprint density at radius 2 is 1.55 bits per heavy atom. The van der Waals surface area contributed by atoms with Crippen molar-refractivity contribution in [2.45, 2.75) is 51.0 Å². The van der Waals surface area contributed by atoms with Crippen LogP contribution in [0, 0.1) is 0 Å². The third-order valence-electron chi connectivity index (χ3n) is 4.31. The molecule has 0 aliphatic rings. The van der Waals surface area contributed by atoms with E-state index in [1.54, 1.807) is 35.1 Å². The number of hydrogen-bond donors (Lipinski definition) is 1. The monoisotopic (exact) mass is 413 g/mol. The fraction of sp³-hybridized carbons (Fsp3) is 0.318. The fourth-order valence-electron chi connectivity index (χ4n) is 2.78. The highest BCUT2D eigenvalue weighted by Gasteiger charge is 2.30.